The second kappa shape index (κ2) is 10.2. The van der Waals surface area contributed by atoms with Crippen LogP contribution >= 0.6 is 0 Å². The summed E-state index contributed by atoms with van der Waals surface area (Å²) in [5.74, 6) is 0.456. The van der Waals surface area contributed by atoms with Gasteiger partial charge in [-0.2, -0.15) is 0 Å². The first kappa shape index (κ1) is 24.4. The minimum Gasteiger partial charge on any atom is -0.496 e. The van der Waals surface area contributed by atoms with Crippen molar-refractivity contribution in [3.05, 3.63) is 54.1 Å². The molecule has 1 N–H and O–H groups in total. The lowest BCUT2D eigenvalue weighted by Gasteiger charge is -2.43. The molecule has 2 fully saturated rings. The van der Waals surface area contributed by atoms with Crippen LogP contribution in [0.15, 0.2) is 48.5 Å². The molecule has 2 aliphatic rings. The highest BCUT2D eigenvalue weighted by molar-refractivity contribution is 6.00. The zero-order chi connectivity index (χ0) is 25.0. The van der Waals surface area contributed by atoms with Crippen molar-refractivity contribution < 1.29 is 23.9 Å². The van der Waals surface area contributed by atoms with E-state index in [2.05, 4.69) is 10.2 Å². The Hall–Kier alpha value is -3.75. The normalized spacial score (nSPS) is 17.0. The summed E-state index contributed by atoms with van der Waals surface area (Å²) in [7, 11) is 3.05. The minimum atomic E-state index is -0.810. The van der Waals surface area contributed by atoms with Crippen molar-refractivity contribution in [1.29, 1.82) is 0 Å². The van der Waals surface area contributed by atoms with Crippen LogP contribution < -0.4 is 19.7 Å². The Kier molecular flexibility index (Phi) is 7.14. The molecule has 0 saturated carbocycles. The smallest absolute Gasteiger partial charge is 0.261 e. The molecule has 0 radical (unpaired) electrons. The SMILES string of the molecule is CCNC(=O)CN1CN(c2ccccc2)C2(CCN(C(=O)c3c(OC)cccc3OC)CC2)C1=O. The van der Waals surface area contributed by atoms with Gasteiger partial charge in [0.05, 0.1) is 20.9 Å². The fourth-order valence-electron chi connectivity index (χ4n) is 5.05. The number of benzene rings is 2. The Balaban J connectivity index is 1.59. The van der Waals surface area contributed by atoms with Crippen LogP contribution in [0.1, 0.15) is 30.1 Å². The number of methoxy groups -OCH3 is 2. The molecule has 2 aliphatic heterocycles. The van der Waals surface area contributed by atoms with Gasteiger partial charge in [-0.05, 0) is 44.0 Å². The third kappa shape index (κ3) is 4.50. The lowest BCUT2D eigenvalue weighted by molar-refractivity contribution is -0.137. The van der Waals surface area contributed by atoms with E-state index in [1.807, 2.05) is 37.3 Å². The minimum absolute atomic E-state index is 0.0127. The predicted octanol–water partition coefficient (Wildman–Crippen LogP) is 2.12. The number of amides is 3. The molecule has 186 valence electrons. The first-order valence-electron chi connectivity index (χ1n) is 11.8. The van der Waals surface area contributed by atoms with E-state index in [1.165, 1.54) is 14.2 Å². The standard InChI is InChI=1S/C26H32N4O5/c1-4-27-22(31)17-29-18-30(19-9-6-5-7-10-19)26(25(29)33)13-15-28(16-14-26)24(32)23-20(34-2)11-8-12-21(23)35-3/h5-12H,4,13-18H2,1-3H3,(H,27,31). The predicted molar refractivity (Wildman–Crippen MR) is 132 cm³/mol. The average Bonchev–Trinajstić information content (AvgIpc) is 3.14. The summed E-state index contributed by atoms with van der Waals surface area (Å²) in [6.07, 6.45) is 0.908. The Morgan fingerprint density at radius 1 is 0.971 bits per heavy atom. The van der Waals surface area contributed by atoms with Crippen LogP contribution in [0.4, 0.5) is 5.69 Å². The van der Waals surface area contributed by atoms with Crippen molar-refractivity contribution in [3.63, 3.8) is 0 Å². The molecule has 0 unspecified atom stereocenters. The maximum absolute atomic E-state index is 13.7. The fraction of sp³-hybridized carbons (Fsp3) is 0.423. The van der Waals surface area contributed by atoms with Gasteiger partial charge >= 0.3 is 0 Å². The monoisotopic (exact) mass is 480 g/mol. The van der Waals surface area contributed by atoms with Crippen LogP contribution in [-0.2, 0) is 9.59 Å². The number of carbonyl (C=O) groups is 3. The molecule has 0 aromatic heterocycles. The molecule has 0 aliphatic carbocycles. The molecule has 2 aromatic carbocycles. The number of nitrogens with one attached hydrogen (secondary N) is 1. The molecule has 2 aromatic rings. The number of para-hydroxylation sites is 1. The van der Waals surface area contributed by atoms with Gasteiger partial charge < -0.3 is 29.5 Å². The number of carbonyl (C=O) groups excluding carboxylic acids is 3. The van der Waals surface area contributed by atoms with Gasteiger partial charge in [-0.25, -0.2) is 0 Å². The summed E-state index contributed by atoms with van der Waals surface area (Å²) in [6, 6.07) is 15.0. The van der Waals surface area contributed by atoms with Crippen molar-refractivity contribution >= 4 is 23.4 Å². The summed E-state index contributed by atoms with van der Waals surface area (Å²) in [6.45, 7) is 3.49. The molecule has 0 atom stereocenters. The van der Waals surface area contributed by atoms with Gasteiger partial charge in [0.2, 0.25) is 5.91 Å². The number of nitrogens with zero attached hydrogens (tertiary/aromatic N) is 3. The van der Waals surface area contributed by atoms with Gasteiger partial charge in [0, 0.05) is 25.3 Å². The summed E-state index contributed by atoms with van der Waals surface area (Å²) in [5.41, 5.74) is 0.490. The topological polar surface area (TPSA) is 91.4 Å². The van der Waals surface area contributed by atoms with E-state index in [0.717, 1.165) is 5.69 Å². The highest BCUT2D eigenvalue weighted by Crippen LogP contribution is 2.40. The number of likely N-dealkylation sites (N-methyl/N-ethyl adjacent to an activating group) is 1. The molecule has 4 rings (SSSR count). The van der Waals surface area contributed by atoms with Crippen LogP contribution in [0, 0.1) is 0 Å². The number of piperidine rings is 1. The maximum Gasteiger partial charge on any atom is 0.261 e. The van der Waals surface area contributed by atoms with Gasteiger partial charge in [0.25, 0.3) is 11.8 Å². The zero-order valence-electron chi connectivity index (χ0n) is 20.5. The summed E-state index contributed by atoms with van der Waals surface area (Å²) < 4.78 is 10.8. The van der Waals surface area contributed by atoms with Crippen molar-refractivity contribution in [3.8, 4) is 11.5 Å². The second-order valence-corrected chi connectivity index (χ2v) is 8.72. The van der Waals surface area contributed by atoms with Crippen LogP contribution in [0.2, 0.25) is 0 Å². The van der Waals surface area contributed by atoms with Crippen molar-refractivity contribution in [2.24, 2.45) is 0 Å². The number of ether oxygens (including phenoxy) is 2. The molecule has 9 heteroatoms. The van der Waals surface area contributed by atoms with Crippen molar-refractivity contribution in [2.45, 2.75) is 25.3 Å². The van der Waals surface area contributed by atoms with Gasteiger partial charge in [0.15, 0.2) is 0 Å². The van der Waals surface area contributed by atoms with E-state index >= 15 is 0 Å². The van der Waals surface area contributed by atoms with E-state index in [4.69, 9.17) is 9.47 Å². The van der Waals surface area contributed by atoms with Crippen LogP contribution in [0.5, 0.6) is 11.5 Å². The van der Waals surface area contributed by atoms with E-state index in [9.17, 15) is 14.4 Å². The van der Waals surface area contributed by atoms with Gasteiger partial charge in [-0.1, -0.05) is 24.3 Å². The van der Waals surface area contributed by atoms with E-state index in [-0.39, 0.29) is 24.3 Å². The second-order valence-electron chi connectivity index (χ2n) is 8.72. The summed E-state index contributed by atoms with van der Waals surface area (Å²) in [5, 5.41) is 2.77. The third-order valence-electron chi connectivity index (χ3n) is 6.81. The largest absolute Gasteiger partial charge is 0.496 e. The molecule has 3 amide bonds. The highest BCUT2D eigenvalue weighted by Gasteiger charge is 2.54. The summed E-state index contributed by atoms with van der Waals surface area (Å²) >= 11 is 0. The van der Waals surface area contributed by atoms with E-state index in [1.54, 1.807) is 28.0 Å². The van der Waals surface area contributed by atoms with Crippen LogP contribution in [0.25, 0.3) is 0 Å². The average molecular weight is 481 g/mol. The van der Waals surface area contributed by atoms with E-state index < -0.39 is 5.54 Å². The quantitative estimate of drug-likeness (QED) is 0.653. The molecule has 35 heavy (non-hydrogen) atoms. The first-order valence-corrected chi connectivity index (χ1v) is 11.8. The van der Waals surface area contributed by atoms with Gasteiger partial charge in [-0.15, -0.1) is 0 Å². The molecule has 2 saturated heterocycles. The summed E-state index contributed by atoms with van der Waals surface area (Å²) in [4.78, 5) is 44.9. The van der Waals surface area contributed by atoms with E-state index in [0.29, 0.717) is 56.2 Å². The Morgan fingerprint density at radius 2 is 1.60 bits per heavy atom. The highest BCUT2D eigenvalue weighted by atomic mass is 16.5. The van der Waals surface area contributed by atoms with Crippen molar-refractivity contribution in [2.75, 3.05) is 52.0 Å². The molecule has 2 heterocycles. The number of anilines is 1. The third-order valence-corrected chi connectivity index (χ3v) is 6.81. The van der Waals surface area contributed by atoms with Gasteiger partial charge in [-0.3, -0.25) is 14.4 Å². The Morgan fingerprint density at radius 3 is 2.17 bits per heavy atom. The van der Waals surface area contributed by atoms with Crippen molar-refractivity contribution in [1.82, 2.24) is 15.1 Å². The number of hydrogen-bond acceptors (Lipinski definition) is 6. The molecular weight excluding hydrogens is 448 g/mol. The zero-order valence-corrected chi connectivity index (χ0v) is 20.5. The lowest BCUT2D eigenvalue weighted by atomic mass is 9.85. The Bertz CT molecular complexity index is 1060. The molecule has 0 bridgehead atoms. The maximum atomic E-state index is 13.7. The Labute approximate surface area is 205 Å². The number of likely N-dealkylation sites (tertiary alicyclic amines) is 1. The fourth-order valence-corrected chi connectivity index (χ4v) is 5.05. The molecular formula is C26H32N4O5. The number of rotatable bonds is 7. The van der Waals surface area contributed by atoms with Crippen LogP contribution in [0.3, 0.4) is 0 Å². The molecule has 1 spiro atoms. The molecule has 9 nitrogen and oxygen atoms in total. The lowest BCUT2D eigenvalue weighted by Crippen LogP contribution is -2.57. The van der Waals surface area contributed by atoms with Gasteiger partial charge in [0.1, 0.15) is 29.1 Å². The number of hydrogen-bond donors (Lipinski definition) is 1. The van der Waals surface area contributed by atoms with Crippen LogP contribution in [-0.4, -0.2) is 80.1 Å². The first-order chi connectivity index (χ1) is 16.9.